The summed E-state index contributed by atoms with van der Waals surface area (Å²) in [6, 6.07) is 2.26. The van der Waals surface area contributed by atoms with Crippen molar-refractivity contribution in [3.63, 3.8) is 0 Å². The first-order valence-electron chi connectivity index (χ1n) is 4.86. The molecule has 0 saturated heterocycles. The van der Waals surface area contributed by atoms with Crippen LogP contribution in [0.2, 0.25) is 0 Å². The Labute approximate surface area is 81.9 Å². The molecule has 0 radical (unpaired) electrons. The normalized spacial score (nSPS) is 13.3. The van der Waals surface area contributed by atoms with Crippen LogP contribution in [0.4, 0.5) is 0 Å². The number of hydrogen-bond acceptors (Lipinski definition) is 3. The Morgan fingerprint density at radius 3 is 2.31 bits per heavy atom. The van der Waals surface area contributed by atoms with E-state index in [0.29, 0.717) is 0 Å². The fraction of sp³-hybridized carbons (Fsp3) is 0.900. The predicted molar refractivity (Wildman–Crippen MR) is 55.4 cm³/mol. The molecule has 0 saturated carbocycles. The highest BCUT2D eigenvalue weighted by Crippen LogP contribution is 1.97. The van der Waals surface area contributed by atoms with Gasteiger partial charge >= 0.3 is 0 Å². The number of nitrogens with zero attached hydrogens (tertiary/aromatic N) is 3. The molecule has 13 heavy (non-hydrogen) atoms. The van der Waals surface area contributed by atoms with Crippen molar-refractivity contribution < 1.29 is 0 Å². The van der Waals surface area contributed by atoms with E-state index in [4.69, 9.17) is 5.26 Å². The van der Waals surface area contributed by atoms with Crippen LogP contribution in [0.15, 0.2) is 0 Å². The van der Waals surface area contributed by atoms with Crippen LogP contribution in [0.1, 0.15) is 13.8 Å². The topological polar surface area (TPSA) is 30.3 Å². The Hall–Kier alpha value is -0.590. The van der Waals surface area contributed by atoms with Crippen LogP contribution in [0, 0.1) is 17.2 Å². The number of rotatable bonds is 6. The lowest BCUT2D eigenvalue weighted by molar-refractivity contribution is 0.237. The second-order valence-corrected chi connectivity index (χ2v) is 3.73. The van der Waals surface area contributed by atoms with Crippen molar-refractivity contribution in [2.75, 3.05) is 40.3 Å². The Morgan fingerprint density at radius 2 is 1.92 bits per heavy atom. The first-order chi connectivity index (χ1) is 6.10. The van der Waals surface area contributed by atoms with Crippen LogP contribution in [-0.2, 0) is 0 Å². The Kier molecular flexibility index (Phi) is 6.56. The quantitative estimate of drug-likeness (QED) is 0.616. The van der Waals surface area contributed by atoms with Gasteiger partial charge in [0.1, 0.15) is 0 Å². The van der Waals surface area contributed by atoms with E-state index in [2.05, 4.69) is 36.9 Å². The minimum Gasteiger partial charge on any atom is -0.308 e. The molecule has 0 N–H and O–H groups in total. The van der Waals surface area contributed by atoms with Gasteiger partial charge in [-0.15, -0.1) is 0 Å². The van der Waals surface area contributed by atoms with Gasteiger partial charge in [0.15, 0.2) is 0 Å². The first-order valence-corrected chi connectivity index (χ1v) is 4.86. The molecule has 0 aliphatic heterocycles. The summed E-state index contributed by atoms with van der Waals surface area (Å²) in [7, 11) is 4.14. The maximum atomic E-state index is 8.67. The van der Waals surface area contributed by atoms with Crippen molar-refractivity contribution in [3.8, 4) is 6.07 Å². The van der Waals surface area contributed by atoms with E-state index in [9.17, 15) is 0 Å². The van der Waals surface area contributed by atoms with E-state index in [1.807, 2.05) is 6.92 Å². The maximum Gasteiger partial charge on any atom is 0.0666 e. The van der Waals surface area contributed by atoms with Gasteiger partial charge in [-0.25, -0.2) is 0 Å². The van der Waals surface area contributed by atoms with E-state index < -0.39 is 0 Å². The first kappa shape index (κ1) is 12.4. The van der Waals surface area contributed by atoms with Crippen LogP contribution in [-0.4, -0.2) is 50.1 Å². The summed E-state index contributed by atoms with van der Waals surface area (Å²) in [5.41, 5.74) is 0. The SMILES string of the molecule is CCN(CCN(C)C)CC(C)C#N. The van der Waals surface area contributed by atoms with Gasteiger partial charge in [-0.1, -0.05) is 6.92 Å². The zero-order valence-electron chi connectivity index (χ0n) is 9.25. The van der Waals surface area contributed by atoms with Crippen LogP contribution in [0.5, 0.6) is 0 Å². The molecule has 0 fully saturated rings. The molecule has 3 nitrogen and oxygen atoms in total. The van der Waals surface area contributed by atoms with Crippen molar-refractivity contribution in [3.05, 3.63) is 0 Å². The standard InChI is InChI=1S/C10H21N3/c1-5-13(7-6-12(3)4)9-10(2)8-11/h10H,5-7,9H2,1-4H3. The predicted octanol–water partition coefficient (Wildman–Crippen LogP) is 1.03. The monoisotopic (exact) mass is 183 g/mol. The summed E-state index contributed by atoms with van der Waals surface area (Å²) >= 11 is 0. The summed E-state index contributed by atoms with van der Waals surface area (Å²) in [6.45, 7) is 8.14. The lowest BCUT2D eigenvalue weighted by atomic mass is 10.2. The molecule has 0 rings (SSSR count). The molecule has 0 bridgehead atoms. The maximum absolute atomic E-state index is 8.67. The molecule has 3 heteroatoms. The van der Waals surface area contributed by atoms with Gasteiger partial charge in [0.05, 0.1) is 12.0 Å². The average Bonchev–Trinajstić information content (AvgIpc) is 2.11. The number of nitriles is 1. The van der Waals surface area contributed by atoms with Crippen LogP contribution >= 0.6 is 0 Å². The van der Waals surface area contributed by atoms with Crippen molar-refractivity contribution in [1.82, 2.24) is 9.80 Å². The van der Waals surface area contributed by atoms with E-state index in [-0.39, 0.29) is 5.92 Å². The van der Waals surface area contributed by atoms with E-state index in [1.54, 1.807) is 0 Å². The van der Waals surface area contributed by atoms with Crippen molar-refractivity contribution in [2.24, 2.45) is 5.92 Å². The third-order valence-electron chi connectivity index (χ3n) is 2.06. The average molecular weight is 183 g/mol. The van der Waals surface area contributed by atoms with Crippen LogP contribution < -0.4 is 0 Å². The van der Waals surface area contributed by atoms with Crippen LogP contribution in [0.25, 0.3) is 0 Å². The smallest absolute Gasteiger partial charge is 0.0666 e. The Morgan fingerprint density at radius 1 is 1.31 bits per heavy atom. The molecule has 0 aliphatic carbocycles. The molecule has 1 unspecified atom stereocenters. The van der Waals surface area contributed by atoms with Gasteiger partial charge in [0.2, 0.25) is 0 Å². The summed E-state index contributed by atoms with van der Waals surface area (Å²) in [5, 5.41) is 8.67. The third-order valence-corrected chi connectivity index (χ3v) is 2.06. The highest BCUT2D eigenvalue weighted by molar-refractivity contribution is 4.81. The minimum absolute atomic E-state index is 0.141. The zero-order valence-corrected chi connectivity index (χ0v) is 9.25. The van der Waals surface area contributed by atoms with Gasteiger partial charge in [-0.3, -0.25) is 0 Å². The van der Waals surface area contributed by atoms with Crippen molar-refractivity contribution >= 4 is 0 Å². The Bertz CT molecular complexity index is 160. The zero-order chi connectivity index (χ0) is 10.3. The molecule has 1 atom stereocenters. The van der Waals surface area contributed by atoms with Gasteiger partial charge in [0.25, 0.3) is 0 Å². The minimum atomic E-state index is 0.141. The highest BCUT2D eigenvalue weighted by Gasteiger charge is 2.07. The molecule has 0 aliphatic rings. The van der Waals surface area contributed by atoms with Gasteiger partial charge in [-0.2, -0.15) is 5.26 Å². The fourth-order valence-corrected chi connectivity index (χ4v) is 1.15. The molecule has 0 aromatic rings. The van der Waals surface area contributed by atoms with Crippen LogP contribution in [0.3, 0.4) is 0 Å². The van der Waals surface area contributed by atoms with E-state index >= 15 is 0 Å². The van der Waals surface area contributed by atoms with Crippen molar-refractivity contribution in [2.45, 2.75) is 13.8 Å². The molecule has 0 spiro atoms. The lowest BCUT2D eigenvalue weighted by Gasteiger charge is -2.23. The highest BCUT2D eigenvalue weighted by atomic mass is 15.2. The van der Waals surface area contributed by atoms with E-state index in [1.165, 1.54) is 0 Å². The molecular weight excluding hydrogens is 162 g/mol. The summed E-state index contributed by atoms with van der Waals surface area (Å²) < 4.78 is 0. The number of likely N-dealkylation sites (N-methyl/N-ethyl adjacent to an activating group) is 2. The molecule has 0 heterocycles. The summed E-state index contributed by atoms with van der Waals surface area (Å²) in [6.07, 6.45) is 0. The molecular formula is C10H21N3. The van der Waals surface area contributed by atoms with Crippen molar-refractivity contribution in [1.29, 1.82) is 5.26 Å². The van der Waals surface area contributed by atoms with E-state index in [0.717, 1.165) is 26.2 Å². The largest absolute Gasteiger partial charge is 0.308 e. The number of hydrogen-bond donors (Lipinski definition) is 0. The third kappa shape index (κ3) is 6.56. The fourth-order valence-electron chi connectivity index (χ4n) is 1.15. The summed E-state index contributed by atoms with van der Waals surface area (Å²) in [4.78, 5) is 4.48. The lowest BCUT2D eigenvalue weighted by Crippen LogP contribution is -2.34. The molecule has 0 amide bonds. The molecule has 76 valence electrons. The van der Waals surface area contributed by atoms with Gasteiger partial charge < -0.3 is 9.80 Å². The molecule has 0 aromatic carbocycles. The van der Waals surface area contributed by atoms with Gasteiger partial charge in [0, 0.05) is 19.6 Å². The summed E-state index contributed by atoms with van der Waals surface area (Å²) in [5.74, 6) is 0.141. The molecule has 0 aromatic heterocycles. The van der Waals surface area contributed by atoms with Gasteiger partial charge in [-0.05, 0) is 27.6 Å². The second kappa shape index (κ2) is 6.88. The Balaban J connectivity index is 3.70. The second-order valence-electron chi connectivity index (χ2n) is 3.73.